The normalized spacial score (nSPS) is 15.2. The number of aryl methyl sites for hydroxylation is 1. The summed E-state index contributed by atoms with van der Waals surface area (Å²) >= 11 is 0. The van der Waals surface area contributed by atoms with Gasteiger partial charge >= 0.3 is 5.97 Å². The first-order chi connectivity index (χ1) is 14.1. The molecule has 1 aliphatic heterocycles. The minimum absolute atomic E-state index is 0.247. The molecule has 0 atom stereocenters. The van der Waals surface area contributed by atoms with E-state index in [1.165, 1.54) is 11.6 Å². The number of fused-ring (bicyclic) bond motifs is 1. The standard InChI is InChI=1S/C21H28N4O5/c1-21(2,3)30-16(26)11-24-19(28)17-18(27)13-9-14(12-5-7-22-8-6-12)23-10-15(13)25(4)20(17)29/h9-10,12,22,27H,5-8,11H2,1-4H3,(H,24,28). The SMILES string of the molecule is Cn1c(=O)c(C(=O)NCC(=O)OC(C)(C)C)c(O)c2cc(C3CCNCC3)ncc21. The molecular formula is C21H28N4O5. The van der Waals surface area contributed by atoms with E-state index in [4.69, 9.17) is 4.74 Å². The summed E-state index contributed by atoms with van der Waals surface area (Å²) in [5.74, 6) is -1.63. The van der Waals surface area contributed by atoms with Crippen molar-refractivity contribution in [3.8, 4) is 5.75 Å². The molecule has 3 heterocycles. The van der Waals surface area contributed by atoms with Gasteiger partial charge in [-0.1, -0.05) is 0 Å². The van der Waals surface area contributed by atoms with Crippen LogP contribution in [0.1, 0.15) is 55.6 Å². The van der Waals surface area contributed by atoms with Crippen molar-refractivity contribution in [2.45, 2.75) is 45.1 Å². The highest BCUT2D eigenvalue weighted by molar-refractivity contribution is 6.03. The molecule has 1 fully saturated rings. The maximum absolute atomic E-state index is 12.7. The van der Waals surface area contributed by atoms with Crippen molar-refractivity contribution >= 4 is 22.8 Å². The molecule has 162 valence electrons. The summed E-state index contributed by atoms with van der Waals surface area (Å²) in [6.45, 7) is 6.51. The molecular weight excluding hydrogens is 388 g/mol. The Morgan fingerprint density at radius 3 is 2.63 bits per heavy atom. The van der Waals surface area contributed by atoms with Crippen LogP contribution in [0.2, 0.25) is 0 Å². The van der Waals surface area contributed by atoms with Crippen LogP contribution >= 0.6 is 0 Å². The lowest BCUT2D eigenvalue weighted by atomic mass is 9.93. The Morgan fingerprint density at radius 1 is 1.33 bits per heavy atom. The molecule has 1 saturated heterocycles. The number of rotatable bonds is 4. The number of carbonyl (C=O) groups is 2. The van der Waals surface area contributed by atoms with Crippen LogP contribution < -0.4 is 16.2 Å². The Kier molecular flexibility index (Phi) is 6.12. The summed E-state index contributed by atoms with van der Waals surface area (Å²) in [6.07, 6.45) is 3.40. The molecule has 9 heteroatoms. The molecule has 2 aromatic heterocycles. The molecule has 30 heavy (non-hydrogen) atoms. The topological polar surface area (TPSA) is 123 Å². The van der Waals surface area contributed by atoms with Crippen LogP contribution in [-0.4, -0.2) is 51.8 Å². The molecule has 0 spiro atoms. The number of carbonyl (C=O) groups excluding carboxylic acids is 2. The maximum Gasteiger partial charge on any atom is 0.325 e. The van der Waals surface area contributed by atoms with E-state index in [1.54, 1.807) is 33.0 Å². The van der Waals surface area contributed by atoms with E-state index in [-0.39, 0.29) is 5.92 Å². The minimum Gasteiger partial charge on any atom is -0.506 e. The van der Waals surface area contributed by atoms with Gasteiger partial charge in [-0.25, -0.2) is 0 Å². The number of hydrogen-bond donors (Lipinski definition) is 3. The minimum atomic E-state index is -0.832. The first-order valence-electron chi connectivity index (χ1n) is 10.0. The summed E-state index contributed by atoms with van der Waals surface area (Å²) in [6, 6.07) is 1.74. The zero-order chi connectivity index (χ0) is 22.1. The van der Waals surface area contributed by atoms with Crippen molar-refractivity contribution in [3.05, 3.63) is 33.9 Å². The molecule has 3 N–H and O–H groups in total. The third kappa shape index (κ3) is 4.62. The highest BCUT2D eigenvalue weighted by Crippen LogP contribution is 2.30. The first-order valence-corrected chi connectivity index (χ1v) is 10.0. The molecule has 0 bridgehead atoms. The fourth-order valence-electron chi connectivity index (χ4n) is 3.60. The van der Waals surface area contributed by atoms with Gasteiger partial charge in [0.05, 0.1) is 11.7 Å². The zero-order valence-corrected chi connectivity index (χ0v) is 17.7. The zero-order valence-electron chi connectivity index (χ0n) is 17.7. The Hall–Kier alpha value is -2.94. The lowest BCUT2D eigenvalue weighted by molar-refractivity contribution is -0.153. The van der Waals surface area contributed by atoms with Gasteiger partial charge in [0, 0.05) is 24.0 Å². The van der Waals surface area contributed by atoms with Crippen molar-refractivity contribution in [3.63, 3.8) is 0 Å². The molecule has 2 aromatic rings. The summed E-state index contributed by atoms with van der Waals surface area (Å²) < 4.78 is 6.42. The van der Waals surface area contributed by atoms with E-state index in [2.05, 4.69) is 15.6 Å². The largest absolute Gasteiger partial charge is 0.506 e. The van der Waals surface area contributed by atoms with Crippen LogP contribution in [0.15, 0.2) is 17.1 Å². The van der Waals surface area contributed by atoms with Crippen LogP contribution in [0.3, 0.4) is 0 Å². The van der Waals surface area contributed by atoms with E-state index in [0.717, 1.165) is 31.6 Å². The molecule has 0 saturated carbocycles. The van der Waals surface area contributed by atoms with E-state index in [1.807, 2.05) is 0 Å². The Bertz CT molecular complexity index is 1030. The third-order valence-electron chi connectivity index (χ3n) is 5.07. The van der Waals surface area contributed by atoms with Crippen LogP contribution in [-0.2, 0) is 16.6 Å². The van der Waals surface area contributed by atoms with Gasteiger partial charge in [0.2, 0.25) is 0 Å². The van der Waals surface area contributed by atoms with Gasteiger partial charge in [-0.2, -0.15) is 0 Å². The number of hydrogen-bond acceptors (Lipinski definition) is 7. The molecule has 0 radical (unpaired) electrons. The van der Waals surface area contributed by atoms with Crippen molar-refractivity contribution < 1.29 is 19.4 Å². The number of ether oxygens (including phenoxy) is 1. The van der Waals surface area contributed by atoms with Crippen molar-refractivity contribution in [1.82, 2.24) is 20.2 Å². The number of esters is 1. The third-order valence-corrected chi connectivity index (χ3v) is 5.07. The second kappa shape index (κ2) is 8.43. The smallest absolute Gasteiger partial charge is 0.325 e. The molecule has 1 aliphatic rings. The number of aromatic hydroxyl groups is 1. The van der Waals surface area contributed by atoms with Gasteiger partial charge < -0.3 is 25.0 Å². The Labute approximate surface area is 174 Å². The summed E-state index contributed by atoms with van der Waals surface area (Å²) in [4.78, 5) is 41.7. The van der Waals surface area contributed by atoms with E-state index < -0.39 is 40.9 Å². The Morgan fingerprint density at radius 2 is 2.00 bits per heavy atom. The lowest BCUT2D eigenvalue weighted by Crippen LogP contribution is -2.37. The molecule has 9 nitrogen and oxygen atoms in total. The number of nitrogens with zero attached hydrogens (tertiary/aromatic N) is 2. The van der Waals surface area contributed by atoms with Gasteiger partial charge in [0.15, 0.2) is 0 Å². The molecule has 0 aliphatic carbocycles. The number of nitrogens with one attached hydrogen (secondary N) is 2. The van der Waals surface area contributed by atoms with Crippen LogP contribution in [0.5, 0.6) is 5.75 Å². The number of aromatic nitrogens is 2. The lowest BCUT2D eigenvalue weighted by Gasteiger charge is -2.22. The van der Waals surface area contributed by atoms with E-state index in [0.29, 0.717) is 10.9 Å². The van der Waals surface area contributed by atoms with E-state index in [9.17, 15) is 19.5 Å². The summed E-state index contributed by atoms with van der Waals surface area (Å²) in [7, 11) is 1.51. The fraction of sp³-hybridized carbons (Fsp3) is 0.524. The second-order valence-corrected chi connectivity index (χ2v) is 8.51. The highest BCUT2D eigenvalue weighted by Gasteiger charge is 2.24. The quantitative estimate of drug-likeness (QED) is 0.640. The molecule has 3 rings (SSSR count). The van der Waals surface area contributed by atoms with Crippen molar-refractivity contribution in [2.75, 3.05) is 19.6 Å². The highest BCUT2D eigenvalue weighted by atomic mass is 16.6. The van der Waals surface area contributed by atoms with Gasteiger partial charge in [-0.3, -0.25) is 19.4 Å². The van der Waals surface area contributed by atoms with Gasteiger partial charge in [-0.05, 0) is 52.8 Å². The average molecular weight is 416 g/mol. The van der Waals surface area contributed by atoms with Crippen molar-refractivity contribution in [2.24, 2.45) is 7.05 Å². The average Bonchev–Trinajstić information content (AvgIpc) is 2.70. The van der Waals surface area contributed by atoms with Crippen molar-refractivity contribution in [1.29, 1.82) is 0 Å². The predicted molar refractivity (Wildman–Crippen MR) is 112 cm³/mol. The number of piperidine rings is 1. The van der Waals surface area contributed by atoms with Crippen LogP contribution in [0.25, 0.3) is 10.9 Å². The molecule has 0 aromatic carbocycles. The molecule has 1 amide bonds. The predicted octanol–water partition coefficient (Wildman–Crippen LogP) is 1.18. The van der Waals surface area contributed by atoms with Gasteiger partial charge in [-0.15, -0.1) is 0 Å². The Balaban J connectivity index is 1.93. The van der Waals surface area contributed by atoms with E-state index >= 15 is 0 Å². The number of amides is 1. The summed E-state index contributed by atoms with van der Waals surface area (Å²) in [5, 5.41) is 16.8. The molecule has 0 unspecified atom stereocenters. The van der Waals surface area contributed by atoms with Gasteiger partial charge in [0.1, 0.15) is 23.5 Å². The number of pyridine rings is 2. The van der Waals surface area contributed by atoms with Gasteiger partial charge in [0.25, 0.3) is 11.5 Å². The monoisotopic (exact) mass is 416 g/mol. The van der Waals surface area contributed by atoms with Crippen LogP contribution in [0, 0.1) is 0 Å². The maximum atomic E-state index is 12.7. The first kappa shape index (κ1) is 21.8. The van der Waals surface area contributed by atoms with Crippen LogP contribution in [0.4, 0.5) is 0 Å². The second-order valence-electron chi connectivity index (χ2n) is 8.51. The fourth-order valence-corrected chi connectivity index (χ4v) is 3.60. The summed E-state index contributed by atoms with van der Waals surface area (Å²) in [5.41, 5.74) is -0.521.